The van der Waals surface area contributed by atoms with Crippen LogP contribution in [-0.2, 0) is 22.4 Å². The Morgan fingerprint density at radius 2 is 1.55 bits per heavy atom. The number of hydrogen-bond acceptors (Lipinski definition) is 5. The summed E-state index contributed by atoms with van der Waals surface area (Å²) in [5, 5.41) is 26.7. The van der Waals surface area contributed by atoms with Gasteiger partial charge in [-0.25, -0.2) is 8.42 Å². The van der Waals surface area contributed by atoms with E-state index in [-0.39, 0.29) is 31.4 Å². The van der Waals surface area contributed by atoms with Gasteiger partial charge in [0.15, 0.2) is 0 Å². The highest BCUT2D eigenvalue weighted by molar-refractivity contribution is 7.89. The number of aromatic hydroxyl groups is 1. The molecule has 2 aromatic rings. The molecule has 0 saturated carbocycles. The van der Waals surface area contributed by atoms with Crippen molar-refractivity contribution < 1.29 is 45.0 Å². The zero-order valence-electron chi connectivity index (χ0n) is 16.7. The van der Waals surface area contributed by atoms with E-state index in [2.05, 4.69) is 0 Å². The Labute approximate surface area is 185 Å². The van der Waals surface area contributed by atoms with Gasteiger partial charge >= 0.3 is 12.4 Å². The first-order valence-corrected chi connectivity index (χ1v) is 10.7. The van der Waals surface area contributed by atoms with E-state index in [1.54, 1.807) is 0 Å². The highest BCUT2D eigenvalue weighted by Crippen LogP contribution is 2.33. The maximum absolute atomic E-state index is 12.6. The number of nitrogens with zero attached hydrogens (tertiary/aromatic N) is 2. The van der Waals surface area contributed by atoms with Gasteiger partial charge in [0.2, 0.25) is 10.0 Å². The summed E-state index contributed by atoms with van der Waals surface area (Å²) in [4.78, 5) is -0.443. The highest BCUT2D eigenvalue weighted by atomic mass is 32.2. The van der Waals surface area contributed by atoms with Gasteiger partial charge in [-0.2, -0.15) is 35.9 Å². The number of hydrogen-bond donors (Lipinski definition) is 2. The molecule has 1 aliphatic heterocycles. The summed E-state index contributed by atoms with van der Waals surface area (Å²) in [5.74, 6) is -0.368. The molecule has 1 aliphatic rings. The van der Waals surface area contributed by atoms with E-state index < -0.39 is 44.0 Å². The monoisotopic (exact) mass is 496 g/mol. The molecule has 0 aliphatic carbocycles. The Morgan fingerprint density at radius 3 is 2.00 bits per heavy atom. The fourth-order valence-corrected chi connectivity index (χ4v) is 4.63. The molecule has 1 atom stereocenters. The van der Waals surface area contributed by atoms with E-state index in [0.29, 0.717) is 18.6 Å². The SMILES string of the molecule is N#Cc1cc(C(F)(F)F)ccc1S(=O)(=O)N1CCC(CO)C1.Oc1ccc(C(F)(F)F)cc1. The number of phenolic OH excluding ortho intramolecular Hbond substituents is 1. The zero-order valence-corrected chi connectivity index (χ0v) is 17.5. The molecule has 180 valence electrons. The second-order valence-corrected chi connectivity index (χ2v) is 8.97. The minimum Gasteiger partial charge on any atom is -0.508 e. The number of rotatable bonds is 3. The van der Waals surface area contributed by atoms with Crippen LogP contribution < -0.4 is 0 Å². The first-order valence-electron chi connectivity index (χ1n) is 9.28. The van der Waals surface area contributed by atoms with Gasteiger partial charge < -0.3 is 10.2 Å². The summed E-state index contributed by atoms with van der Waals surface area (Å²) in [7, 11) is -4.05. The Morgan fingerprint density at radius 1 is 1.00 bits per heavy atom. The number of nitriles is 1. The van der Waals surface area contributed by atoms with Gasteiger partial charge in [0.25, 0.3) is 0 Å². The van der Waals surface area contributed by atoms with Gasteiger partial charge in [0, 0.05) is 19.7 Å². The summed E-state index contributed by atoms with van der Waals surface area (Å²) in [6, 6.07) is 7.16. The summed E-state index contributed by atoms with van der Waals surface area (Å²) in [6.07, 6.45) is -8.50. The number of phenols is 1. The van der Waals surface area contributed by atoms with Crippen molar-refractivity contribution in [3.8, 4) is 11.8 Å². The molecule has 2 aromatic carbocycles. The zero-order chi connectivity index (χ0) is 25.0. The van der Waals surface area contributed by atoms with Crippen LogP contribution in [-0.4, -0.2) is 42.6 Å². The summed E-state index contributed by atoms with van der Waals surface area (Å²) < 4.78 is 99.4. The Kier molecular flexibility index (Phi) is 8.00. The molecule has 13 heteroatoms. The van der Waals surface area contributed by atoms with Crippen molar-refractivity contribution in [1.82, 2.24) is 4.31 Å². The molecule has 0 bridgehead atoms. The molecule has 1 saturated heterocycles. The van der Waals surface area contributed by atoms with Crippen molar-refractivity contribution in [2.75, 3.05) is 19.7 Å². The van der Waals surface area contributed by atoms with Crippen LogP contribution in [0.3, 0.4) is 0 Å². The van der Waals surface area contributed by atoms with Crippen LogP contribution in [0.1, 0.15) is 23.1 Å². The lowest BCUT2D eigenvalue weighted by molar-refractivity contribution is -0.138. The number of aliphatic hydroxyl groups excluding tert-OH is 1. The van der Waals surface area contributed by atoms with Crippen LogP contribution in [0, 0.1) is 17.2 Å². The Balaban J connectivity index is 0.000000294. The molecule has 0 spiro atoms. The van der Waals surface area contributed by atoms with Gasteiger partial charge in [0.05, 0.1) is 21.6 Å². The quantitative estimate of drug-likeness (QED) is 0.626. The lowest BCUT2D eigenvalue weighted by atomic mass is 10.1. The predicted octanol–water partition coefficient (Wildman–Crippen LogP) is 3.99. The maximum Gasteiger partial charge on any atom is 0.416 e. The van der Waals surface area contributed by atoms with Crippen molar-refractivity contribution in [2.24, 2.45) is 5.92 Å². The number of halogens is 6. The van der Waals surface area contributed by atoms with Crippen molar-refractivity contribution in [3.05, 3.63) is 59.2 Å². The molecule has 1 heterocycles. The van der Waals surface area contributed by atoms with Crippen molar-refractivity contribution >= 4 is 10.0 Å². The maximum atomic E-state index is 12.6. The normalized spacial score (nSPS) is 17.2. The van der Waals surface area contributed by atoms with Crippen LogP contribution in [0.4, 0.5) is 26.3 Å². The molecule has 0 aromatic heterocycles. The fourth-order valence-electron chi connectivity index (χ4n) is 2.97. The fraction of sp³-hybridized carbons (Fsp3) is 0.350. The van der Waals surface area contributed by atoms with E-state index in [1.807, 2.05) is 0 Å². The molecule has 3 rings (SSSR count). The third kappa shape index (κ3) is 6.59. The first kappa shape index (κ1) is 26.4. The Bertz CT molecular complexity index is 1110. The minimum absolute atomic E-state index is 0.0880. The van der Waals surface area contributed by atoms with Crippen LogP contribution in [0.5, 0.6) is 5.75 Å². The Hall–Kier alpha value is -2.82. The topological polar surface area (TPSA) is 102 Å². The third-order valence-corrected chi connectivity index (χ3v) is 6.67. The lowest BCUT2D eigenvalue weighted by Gasteiger charge is -2.18. The van der Waals surface area contributed by atoms with E-state index >= 15 is 0 Å². The number of alkyl halides is 6. The van der Waals surface area contributed by atoms with Crippen LogP contribution in [0.2, 0.25) is 0 Å². The highest BCUT2D eigenvalue weighted by Gasteiger charge is 2.36. The second kappa shape index (κ2) is 9.98. The average molecular weight is 496 g/mol. The van der Waals surface area contributed by atoms with Gasteiger partial charge in [0.1, 0.15) is 11.8 Å². The second-order valence-electron chi connectivity index (χ2n) is 7.07. The predicted molar refractivity (Wildman–Crippen MR) is 103 cm³/mol. The van der Waals surface area contributed by atoms with Gasteiger partial charge in [-0.15, -0.1) is 0 Å². The van der Waals surface area contributed by atoms with Crippen molar-refractivity contribution in [1.29, 1.82) is 5.26 Å². The molecule has 6 nitrogen and oxygen atoms in total. The standard InChI is InChI=1S/C13H13F3N2O3S.C7H5F3O/c14-13(15,16)11-1-2-12(10(5-11)6-17)22(20,21)18-4-3-9(7-18)8-19;8-7(9,10)5-1-3-6(11)4-2-5/h1-2,5,9,19H,3-4,7-8H2;1-4,11H. The molecule has 33 heavy (non-hydrogen) atoms. The number of aliphatic hydroxyl groups is 1. The molecule has 2 N–H and O–H groups in total. The van der Waals surface area contributed by atoms with Crippen LogP contribution in [0.15, 0.2) is 47.4 Å². The van der Waals surface area contributed by atoms with Gasteiger partial charge in [-0.05, 0) is 54.8 Å². The van der Waals surface area contributed by atoms with Crippen LogP contribution >= 0.6 is 0 Å². The van der Waals surface area contributed by atoms with Crippen molar-refractivity contribution in [3.63, 3.8) is 0 Å². The lowest BCUT2D eigenvalue weighted by Crippen LogP contribution is -2.30. The van der Waals surface area contributed by atoms with Gasteiger partial charge in [-0.3, -0.25) is 0 Å². The minimum atomic E-state index is -4.65. The number of sulfonamides is 1. The van der Waals surface area contributed by atoms with E-state index in [9.17, 15) is 34.8 Å². The average Bonchev–Trinajstić information content (AvgIpc) is 3.23. The molecule has 0 radical (unpaired) electrons. The summed E-state index contributed by atoms with van der Waals surface area (Å²) >= 11 is 0. The van der Waals surface area contributed by atoms with Crippen molar-refractivity contribution in [2.45, 2.75) is 23.7 Å². The third-order valence-electron chi connectivity index (χ3n) is 4.75. The molecule has 0 amide bonds. The number of benzene rings is 2. The molecular weight excluding hydrogens is 478 g/mol. The molecule has 1 fully saturated rings. The van der Waals surface area contributed by atoms with E-state index in [0.717, 1.165) is 34.6 Å². The van der Waals surface area contributed by atoms with E-state index in [4.69, 9.17) is 15.5 Å². The first-order chi connectivity index (χ1) is 15.2. The van der Waals surface area contributed by atoms with Crippen LogP contribution in [0.25, 0.3) is 0 Å². The smallest absolute Gasteiger partial charge is 0.416 e. The molecule has 1 unspecified atom stereocenters. The van der Waals surface area contributed by atoms with Gasteiger partial charge in [-0.1, -0.05) is 0 Å². The summed E-state index contributed by atoms with van der Waals surface area (Å²) in [6.45, 7) is 0.0916. The molecular formula is C20H18F6N2O4S. The van der Waals surface area contributed by atoms with E-state index in [1.165, 1.54) is 6.07 Å². The largest absolute Gasteiger partial charge is 0.508 e. The summed E-state index contributed by atoms with van der Waals surface area (Å²) in [5.41, 5.74) is -2.37.